The molecule has 1 aromatic rings. The molecular weight excluding hydrogens is 330 g/mol. The SMILES string of the molecule is CCNC(=S)N/N=C(\C(C)=N\NC(=S)NCC)c1ccncc1. The topological polar surface area (TPSA) is 85.7 Å². The largest absolute Gasteiger partial charge is 0.362 e. The molecule has 4 N–H and O–H groups in total. The number of hydrogen-bond acceptors (Lipinski definition) is 5. The number of nitrogens with one attached hydrogen (secondary N) is 4. The Morgan fingerprint density at radius 2 is 1.52 bits per heavy atom. The second kappa shape index (κ2) is 10.6. The highest BCUT2D eigenvalue weighted by atomic mass is 32.1. The number of hydrazone groups is 2. The minimum atomic E-state index is 0.447. The number of nitrogens with zero attached hydrogens (tertiary/aromatic N) is 3. The van der Waals surface area contributed by atoms with Crippen LogP contribution in [0.1, 0.15) is 26.3 Å². The van der Waals surface area contributed by atoms with E-state index in [2.05, 4.69) is 36.7 Å². The number of thiocarbonyl (C=S) groups is 2. The van der Waals surface area contributed by atoms with Crippen molar-refractivity contribution in [3.05, 3.63) is 30.1 Å². The van der Waals surface area contributed by atoms with Crippen LogP contribution in [0, 0.1) is 0 Å². The second-order valence-corrected chi connectivity index (χ2v) is 5.15. The van der Waals surface area contributed by atoms with Crippen LogP contribution >= 0.6 is 24.4 Å². The third-order valence-corrected chi connectivity index (χ3v) is 3.04. The van der Waals surface area contributed by atoms with E-state index in [4.69, 9.17) is 24.4 Å². The molecular formula is C14H21N7S2. The first-order valence-corrected chi connectivity index (χ1v) is 8.00. The van der Waals surface area contributed by atoms with E-state index < -0.39 is 0 Å². The Bertz CT molecular complexity index is 584. The average molecular weight is 352 g/mol. The van der Waals surface area contributed by atoms with E-state index in [0.29, 0.717) is 21.6 Å². The summed E-state index contributed by atoms with van der Waals surface area (Å²) in [4.78, 5) is 4.01. The Balaban J connectivity index is 2.95. The van der Waals surface area contributed by atoms with Gasteiger partial charge in [-0.25, -0.2) is 0 Å². The average Bonchev–Trinajstić information content (AvgIpc) is 2.54. The molecule has 0 fully saturated rings. The number of aromatic nitrogens is 1. The van der Waals surface area contributed by atoms with Crippen LogP contribution in [0.15, 0.2) is 34.7 Å². The van der Waals surface area contributed by atoms with Gasteiger partial charge in [-0.1, -0.05) is 0 Å². The van der Waals surface area contributed by atoms with Crippen LogP contribution in [0.2, 0.25) is 0 Å². The second-order valence-electron chi connectivity index (χ2n) is 4.34. The van der Waals surface area contributed by atoms with E-state index in [1.807, 2.05) is 32.9 Å². The van der Waals surface area contributed by atoms with Crippen molar-refractivity contribution in [3.63, 3.8) is 0 Å². The quantitative estimate of drug-likeness (QED) is 0.347. The Hall–Kier alpha value is -2.13. The van der Waals surface area contributed by atoms with Crippen LogP contribution in [-0.2, 0) is 0 Å². The van der Waals surface area contributed by atoms with Crippen LogP contribution < -0.4 is 21.5 Å². The highest BCUT2D eigenvalue weighted by Crippen LogP contribution is 2.01. The van der Waals surface area contributed by atoms with Gasteiger partial charge in [0.2, 0.25) is 0 Å². The van der Waals surface area contributed by atoms with Gasteiger partial charge in [0.05, 0.1) is 5.71 Å². The van der Waals surface area contributed by atoms with Crippen molar-refractivity contribution in [2.75, 3.05) is 13.1 Å². The molecule has 1 aromatic heterocycles. The molecule has 0 saturated heterocycles. The summed E-state index contributed by atoms with van der Waals surface area (Å²) in [7, 11) is 0. The fraction of sp³-hybridized carbons (Fsp3) is 0.357. The molecule has 7 nitrogen and oxygen atoms in total. The van der Waals surface area contributed by atoms with E-state index in [1.165, 1.54) is 0 Å². The summed E-state index contributed by atoms with van der Waals surface area (Å²) < 4.78 is 0. The molecule has 0 radical (unpaired) electrons. The molecule has 0 aliphatic rings. The molecule has 0 bridgehead atoms. The fourth-order valence-electron chi connectivity index (χ4n) is 1.56. The van der Waals surface area contributed by atoms with E-state index in [9.17, 15) is 0 Å². The van der Waals surface area contributed by atoms with Gasteiger partial charge in [0.1, 0.15) is 5.71 Å². The molecule has 0 spiro atoms. The molecule has 1 heterocycles. The molecule has 0 aliphatic carbocycles. The van der Waals surface area contributed by atoms with Crippen molar-refractivity contribution in [2.45, 2.75) is 20.8 Å². The zero-order chi connectivity index (χ0) is 17.1. The summed E-state index contributed by atoms with van der Waals surface area (Å²) in [6.45, 7) is 7.19. The fourth-order valence-corrected chi connectivity index (χ4v) is 1.94. The van der Waals surface area contributed by atoms with Crippen LogP contribution in [0.5, 0.6) is 0 Å². The summed E-state index contributed by atoms with van der Waals surface area (Å²) in [6.07, 6.45) is 3.38. The molecule has 0 aromatic carbocycles. The molecule has 1 rings (SSSR count). The van der Waals surface area contributed by atoms with Crippen LogP contribution in [-0.4, -0.2) is 39.7 Å². The summed E-state index contributed by atoms with van der Waals surface area (Å²) in [5.74, 6) is 0. The molecule has 0 unspecified atom stereocenters. The van der Waals surface area contributed by atoms with Crippen molar-refractivity contribution in [1.29, 1.82) is 0 Å². The van der Waals surface area contributed by atoms with Crippen molar-refractivity contribution in [3.8, 4) is 0 Å². The highest BCUT2D eigenvalue weighted by molar-refractivity contribution is 7.80. The van der Waals surface area contributed by atoms with Crippen molar-refractivity contribution < 1.29 is 0 Å². The Morgan fingerprint density at radius 3 is 2.04 bits per heavy atom. The number of pyridine rings is 1. The molecule has 124 valence electrons. The predicted molar refractivity (Wildman–Crippen MR) is 103 cm³/mol. The van der Waals surface area contributed by atoms with Gasteiger partial charge < -0.3 is 10.6 Å². The lowest BCUT2D eigenvalue weighted by molar-refractivity contribution is 0.897. The van der Waals surface area contributed by atoms with Gasteiger partial charge in [-0.15, -0.1) is 0 Å². The zero-order valence-electron chi connectivity index (χ0n) is 13.4. The summed E-state index contributed by atoms with van der Waals surface area (Å²) in [5, 5.41) is 15.4. The van der Waals surface area contributed by atoms with Crippen LogP contribution in [0.3, 0.4) is 0 Å². The first-order valence-electron chi connectivity index (χ1n) is 7.18. The normalized spacial score (nSPS) is 11.6. The lowest BCUT2D eigenvalue weighted by Crippen LogP contribution is -2.34. The summed E-state index contributed by atoms with van der Waals surface area (Å²) >= 11 is 10.2. The third kappa shape index (κ3) is 7.11. The predicted octanol–water partition coefficient (Wildman–Crippen LogP) is 1.13. The van der Waals surface area contributed by atoms with Crippen LogP contribution in [0.25, 0.3) is 0 Å². The molecule has 0 amide bonds. The van der Waals surface area contributed by atoms with Crippen molar-refractivity contribution in [2.24, 2.45) is 10.2 Å². The maximum atomic E-state index is 5.12. The smallest absolute Gasteiger partial charge is 0.186 e. The number of rotatable bonds is 6. The van der Waals surface area contributed by atoms with Gasteiger partial charge in [-0.05, 0) is 57.3 Å². The lowest BCUT2D eigenvalue weighted by Gasteiger charge is -2.10. The lowest BCUT2D eigenvalue weighted by atomic mass is 10.1. The maximum Gasteiger partial charge on any atom is 0.186 e. The Morgan fingerprint density at radius 1 is 1.00 bits per heavy atom. The van der Waals surface area contributed by atoms with Crippen molar-refractivity contribution in [1.82, 2.24) is 26.5 Å². The van der Waals surface area contributed by atoms with Gasteiger partial charge in [0.25, 0.3) is 0 Å². The van der Waals surface area contributed by atoms with Gasteiger partial charge in [0.15, 0.2) is 10.2 Å². The molecule has 0 saturated carbocycles. The molecule has 0 aliphatic heterocycles. The third-order valence-electron chi connectivity index (χ3n) is 2.57. The minimum Gasteiger partial charge on any atom is -0.362 e. The van der Waals surface area contributed by atoms with Crippen LogP contribution in [0.4, 0.5) is 0 Å². The van der Waals surface area contributed by atoms with Gasteiger partial charge in [-0.3, -0.25) is 15.8 Å². The monoisotopic (exact) mass is 351 g/mol. The van der Waals surface area contributed by atoms with E-state index in [-0.39, 0.29) is 0 Å². The molecule has 0 atom stereocenters. The highest BCUT2D eigenvalue weighted by Gasteiger charge is 2.08. The maximum absolute atomic E-state index is 5.12. The first kappa shape index (κ1) is 18.9. The van der Waals surface area contributed by atoms with E-state index in [0.717, 1.165) is 18.7 Å². The number of hydrogen-bond donors (Lipinski definition) is 4. The molecule has 23 heavy (non-hydrogen) atoms. The Kier molecular flexibility index (Phi) is 8.70. The summed E-state index contributed by atoms with van der Waals surface area (Å²) in [5.41, 5.74) is 7.75. The summed E-state index contributed by atoms with van der Waals surface area (Å²) in [6, 6.07) is 3.69. The zero-order valence-corrected chi connectivity index (χ0v) is 15.0. The minimum absolute atomic E-state index is 0.447. The van der Waals surface area contributed by atoms with Gasteiger partial charge >= 0.3 is 0 Å². The van der Waals surface area contributed by atoms with E-state index in [1.54, 1.807) is 12.4 Å². The first-order chi connectivity index (χ1) is 11.1. The Labute approximate surface area is 147 Å². The van der Waals surface area contributed by atoms with E-state index >= 15 is 0 Å². The van der Waals surface area contributed by atoms with Gasteiger partial charge in [0, 0.05) is 31.0 Å². The van der Waals surface area contributed by atoms with Gasteiger partial charge in [-0.2, -0.15) is 10.2 Å². The standard InChI is InChI=1S/C14H21N7S2/c1-4-16-13(22)20-18-10(3)12(11-6-8-15-9-7-11)19-21-14(23)17-5-2/h6-9H,4-5H2,1-3H3,(H2,16,20,22)(H2,17,21,23)/b18-10+,19-12+. The van der Waals surface area contributed by atoms with Crippen molar-refractivity contribution >= 4 is 46.1 Å². The molecule has 9 heteroatoms.